The van der Waals surface area contributed by atoms with Gasteiger partial charge < -0.3 is 15.5 Å². The van der Waals surface area contributed by atoms with Crippen LogP contribution in [-0.4, -0.2) is 48.4 Å². The first kappa shape index (κ1) is 20.5. The van der Waals surface area contributed by atoms with Gasteiger partial charge in [-0.3, -0.25) is 14.5 Å². The minimum atomic E-state index is -0.589. The molecule has 2 aromatic carbocycles. The van der Waals surface area contributed by atoms with Crippen molar-refractivity contribution in [1.82, 2.24) is 10.2 Å². The Kier molecular flexibility index (Phi) is 5.83. The smallest absolute Gasteiger partial charge is 0.321 e. The number of hydrogen-bond acceptors (Lipinski definition) is 3. The van der Waals surface area contributed by atoms with Gasteiger partial charge in [0.1, 0.15) is 6.04 Å². The Hall–Kier alpha value is -2.77. The molecule has 9 heteroatoms. The Labute approximate surface area is 183 Å². The van der Waals surface area contributed by atoms with Gasteiger partial charge in [-0.2, -0.15) is 0 Å². The first-order chi connectivity index (χ1) is 14.4. The van der Waals surface area contributed by atoms with Crippen molar-refractivity contribution in [3.8, 4) is 0 Å². The zero-order chi connectivity index (χ0) is 21.3. The number of nitrogens with zero attached hydrogens (tertiary/aromatic N) is 2. The molecule has 0 aliphatic carbocycles. The summed E-state index contributed by atoms with van der Waals surface area (Å²) in [7, 11) is 0. The van der Waals surface area contributed by atoms with Crippen LogP contribution < -0.4 is 15.5 Å². The van der Waals surface area contributed by atoms with E-state index in [4.69, 9.17) is 23.2 Å². The average molecular weight is 447 g/mol. The van der Waals surface area contributed by atoms with Gasteiger partial charge in [-0.25, -0.2) is 4.79 Å². The zero-order valence-electron chi connectivity index (χ0n) is 16.0. The highest BCUT2D eigenvalue weighted by atomic mass is 35.5. The maximum Gasteiger partial charge on any atom is 0.321 e. The molecular formula is C21H20Cl2N4O3. The minimum absolute atomic E-state index is 0.161. The fraction of sp³-hybridized carbons (Fsp3) is 0.286. The molecule has 0 aromatic heterocycles. The molecule has 2 N–H and O–H groups in total. The number of amides is 4. The van der Waals surface area contributed by atoms with Crippen LogP contribution in [0.2, 0.25) is 10.0 Å². The van der Waals surface area contributed by atoms with E-state index in [-0.39, 0.29) is 17.8 Å². The van der Waals surface area contributed by atoms with Gasteiger partial charge in [-0.05, 0) is 49.2 Å². The number of likely N-dealkylation sites (tertiary alicyclic amines) is 1. The highest BCUT2D eigenvalue weighted by Crippen LogP contribution is 2.26. The summed E-state index contributed by atoms with van der Waals surface area (Å²) in [6.07, 6.45) is 1.30. The lowest BCUT2D eigenvalue weighted by atomic mass is 10.1. The van der Waals surface area contributed by atoms with Crippen molar-refractivity contribution in [2.45, 2.75) is 18.9 Å². The SMILES string of the molecule is O=C(Nc1cccc(N2CCNC2=O)c1)C1CCCN1C(=O)c1cc(Cl)cc(Cl)c1. The lowest BCUT2D eigenvalue weighted by Crippen LogP contribution is -2.43. The van der Waals surface area contributed by atoms with Crippen molar-refractivity contribution in [3.05, 3.63) is 58.1 Å². The molecular weight excluding hydrogens is 427 g/mol. The van der Waals surface area contributed by atoms with E-state index in [1.54, 1.807) is 46.2 Å². The molecule has 2 aliphatic rings. The third-order valence-corrected chi connectivity index (χ3v) is 5.64. The van der Waals surface area contributed by atoms with Crippen molar-refractivity contribution in [1.29, 1.82) is 0 Å². The highest BCUT2D eigenvalue weighted by Gasteiger charge is 2.35. The van der Waals surface area contributed by atoms with Crippen molar-refractivity contribution in [3.63, 3.8) is 0 Å². The van der Waals surface area contributed by atoms with Gasteiger partial charge >= 0.3 is 6.03 Å². The number of anilines is 2. The molecule has 0 bridgehead atoms. The van der Waals surface area contributed by atoms with Crippen molar-refractivity contribution in [2.24, 2.45) is 0 Å². The van der Waals surface area contributed by atoms with E-state index in [0.717, 1.165) is 6.42 Å². The number of halogens is 2. The summed E-state index contributed by atoms with van der Waals surface area (Å²) in [6.45, 7) is 1.64. The molecule has 1 unspecified atom stereocenters. The summed E-state index contributed by atoms with van der Waals surface area (Å²) in [6, 6.07) is 11.0. The summed E-state index contributed by atoms with van der Waals surface area (Å²) in [5.41, 5.74) is 1.63. The molecule has 2 aliphatic heterocycles. The number of urea groups is 1. The molecule has 1 atom stereocenters. The summed E-state index contributed by atoms with van der Waals surface area (Å²) in [4.78, 5) is 41.0. The van der Waals surface area contributed by atoms with E-state index in [1.807, 2.05) is 6.07 Å². The minimum Gasteiger partial charge on any atom is -0.336 e. The normalized spacial score (nSPS) is 18.5. The lowest BCUT2D eigenvalue weighted by molar-refractivity contribution is -0.119. The Morgan fingerprint density at radius 2 is 1.83 bits per heavy atom. The van der Waals surface area contributed by atoms with Crippen LogP contribution in [0.4, 0.5) is 16.2 Å². The zero-order valence-corrected chi connectivity index (χ0v) is 17.5. The number of carbonyl (C=O) groups is 3. The molecule has 0 radical (unpaired) electrons. The maximum atomic E-state index is 13.0. The summed E-state index contributed by atoms with van der Waals surface area (Å²) < 4.78 is 0. The number of nitrogens with one attached hydrogen (secondary N) is 2. The van der Waals surface area contributed by atoms with Crippen LogP contribution in [0.25, 0.3) is 0 Å². The van der Waals surface area contributed by atoms with Crippen LogP contribution in [0.1, 0.15) is 23.2 Å². The third kappa shape index (κ3) is 4.22. The van der Waals surface area contributed by atoms with E-state index >= 15 is 0 Å². The first-order valence-corrected chi connectivity index (χ1v) is 10.4. The van der Waals surface area contributed by atoms with Crippen LogP contribution >= 0.6 is 23.2 Å². The molecule has 2 heterocycles. The van der Waals surface area contributed by atoms with E-state index in [1.165, 1.54) is 0 Å². The molecule has 0 spiro atoms. The van der Waals surface area contributed by atoms with Crippen LogP contribution in [0.15, 0.2) is 42.5 Å². The van der Waals surface area contributed by atoms with Crippen molar-refractivity contribution < 1.29 is 14.4 Å². The molecule has 30 heavy (non-hydrogen) atoms. The maximum absolute atomic E-state index is 13.0. The fourth-order valence-corrected chi connectivity index (χ4v) is 4.35. The standard InChI is InChI=1S/C21H20Cl2N4O3/c22-14-9-13(10-15(23)11-14)20(29)27-7-2-5-18(27)19(28)25-16-3-1-4-17(12-16)26-8-6-24-21(26)30/h1,3-4,9-12,18H,2,5-8H2,(H,24,30)(H,25,28). The second kappa shape index (κ2) is 8.53. The van der Waals surface area contributed by atoms with Crippen molar-refractivity contribution in [2.75, 3.05) is 29.9 Å². The molecule has 2 aromatic rings. The van der Waals surface area contributed by atoms with Gasteiger partial charge in [0.15, 0.2) is 0 Å². The number of hydrogen-bond donors (Lipinski definition) is 2. The van der Waals surface area contributed by atoms with Gasteiger partial charge in [0, 0.05) is 46.6 Å². The predicted octanol–water partition coefficient (Wildman–Crippen LogP) is 3.77. The second-order valence-electron chi connectivity index (χ2n) is 7.24. The average Bonchev–Trinajstić information content (AvgIpc) is 3.36. The monoisotopic (exact) mass is 446 g/mol. The molecule has 4 rings (SSSR count). The Bertz CT molecular complexity index is 993. The van der Waals surface area contributed by atoms with Gasteiger partial charge in [0.05, 0.1) is 0 Å². The number of rotatable bonds is 4. The molecule has 2 fully saturated rings. The number of carbonyl (C=O) groups excluding carboxylic acids is 3. The molecule has 4 amide bonds. The Morgan fingerprint density at radius 3 is 2.53 bits per heavy atom. The lowest BCUT2D eigenvalue weighted by Gasteiger charge is -2.24. The summed E-state index contributed by atoms with van der Waals surface area (Å²) in [5.74, 6) is -0.545. The van der Waals surface area contributed by atoms with Gasteiger partial charge in [0.2, 0.25) is 5.91 Å². The van der Waals surface area contributed by atoms with Gasteiger partial charge in [-0.1, -0.05) is 29.3 Å². The molecule has 156 valence electrons. The second-order valence-corrected chi connectivity index (χ2v) is 8.11. The van der Waals surface area contributed by atoms with E-state index in [2.05, 4.69) is 10.6 Å². The third-order valence-electron chi connectivity index (χ3n) is 5.21. The topological polar surface area (TPSA) is 81.8 Å². The fourth-order valence-electron chi connectivity index (χ4n) is 3.82. The van der Waals surface area contributed by atoms with Crippen LogP contribution in [0, 0.1) is 0 Å². The van der Waals surface area contributed by atoms with E-state index in [9.17, 15) is 14.4 Å². The van der Waals surface area contributed by atoms with E-state index < -0.39 is 6.04 Å². The Balaban J connectivity index is 1.49. The largest absolute Gasteiger partial charge is 0.336 e. The van der Waals surface area contributed by atoms with Crippen molar-refractivity contribution >= 4 is 52.4 Å². The molecule has 2 saturated heterocycles. The predicted molar refractivity (Wildman–Crippen MR) is 116 cm³/mol. The molecule has 7 nitrogen and oxygen atoms in total. The summed E-state index contributed by atoms with van der Waals surface area (Å²) in [5, 5.41) is 6.37. The van der Waals surface area contributed by atoms with Crippen LogP contribution in [-0.2, 0) is 4.79 Å². The van der Waals surface area contributed by atoms with E-state index in [0.29, 0.717) is 53.0 Å². The highest BCUT2D eigenvalue weighted by molar-refractivity contribution is 6.35. The molecule has 0 saturated carbocycles. The Morgan fingerprint density at radius 1 is 1.07 bits per heavy atom. The number of benzene rings is 2. The summed E-state index contributed by atoms with van der Waals surface area (Å²) >= 11 is 12.0. The van der Waals surface area contributed by atoms with Gasteiger partial charge in [0.25, 0.3) is 5.91 Å². The quantitative estimate of drug-likeness (QED) is 0.749. The van der Waals surface area contributed by atoms with Gasteiger partial charge in [-0.15, -0.1) is 0 Å². The first-order valence-electron chi connectivity index (χ1n) is 9.66. The van der Waals surface area contributed by atoms with Crippen LogP contribution in [0.3, 0.4) is 0 Å². The van der Waals surface area contributed by atoms with Crippen LogP contribution in [0.5, 0.6) is 0 Å².